The van der Waals surface area contributed by atoms with E-state index >= 15 is 0 Å². The highest BCUT2D eigenvalue weighted by Crippen LogP contribution is 2.27. The molecular formula is C22H24FN3O4. The van der Waals surface area contributed by atoms with Gasteiger partial charge >= 0.3 is 0 Å². The Morgan fingerprint density at radius 1 is 1.13 bits per heavy atom. The molecule has 0 aromatic heterocycles. The normalized spacial score (nSPS) is 15.7. The van der Waals surface area contributed by atoms with Crippen molar-refractivity contribution < 1.29 is 23.5 Å². The second-order valence-electron chi connectivity index (χ2n) is 7.03. The van der Waals surface area contributed by atoms with Gasteiger partial charge in [-0.25, -0.2) is 4.39 Å². The molecule has 2 aromatic carbocycles. The van der Waals surface area contributed by atoms with Crippen molar-refractivity contribution in [2.75, 3.05) is 29.9 Å². The van der Waals surface area contributed by atoms with E-state index in [0.29, 0.717) is 30.2 Å². The third kappa shape index (κ3) is 5.56. The Morgan fingerprint density at radius 3 is 2.50 bits per heavy atom. The summed E-state index contributed by atoms with van der Waals surface area (Å²) in [5, 5.41) is 5.44. The van der Waals surface area contributed by atoms with Gasteiger partial charge in [0.1, 0.15) is 11.6 Å². The standard InChI is InChI=1S/C22H24FN3O4/c1-2-11-24-22(29)15-12-21(28)26(13-15)18-7-9-19(10-8-18)30-14-20(27)25-17-5-3-16(23)4-6-17/h3-10,15H,2,11-14H2,1H3,(H,24,29)(H,25,27)/t15-/m0/s1. The second kappa shape index (κ2) is 9.87. The first-order valence-electron chi connectivity index (χ1n) is 9.82. The maximum absolute atomic E-state index is 12.9. The van der Waals surface area contributed by atoms with Crippen LogP contribution in [0.5, 0.6) is 5.75 Å². The molecule has 1 atom stereocenters. The van der Waals surface area contributed by atoms with Crippen LogP contribution in [0, 0.1) is 11.7 Å². The monoisotopic (exact) mass is 413 g/mol. The molecule has 0 radical (unpaired) electrons. The summed E-state index contributed by atoms with van der Waals surface area (Å²) in [4.78, 5) is 37.9. The highest BCUT2D eigenvalue weighted by atomic mass is 19.1. The summed E-state index contributed by atoms with van der Waals surface area (Å²) in [6.07, 6.45) is 1.04. The van der Waals surface area contributed by atoms with Gasteiger partial charge in [-0.1, -0.05) is 6.92 Å². The number of carbonyl (C=O) groups is 3. The van der Waals surface area contributed by atoms with Crippen LogP contribution < -0.4 is 20.3 Å². The molecule has 0 aliphatic carbocycles. The second-order valence-corrected chi connectivity index (χ2v) is 7.03. The first-order chi connectivity index (χ1) is 14.5. The van der Waals surface area contributed by atoms with Crippen LogP contribution in [0.3, 0.4) is 0 Å². The quantitative estimate of drug-likeness (QED) is 0.697. The van der Waals surface area contributed by atoms with E-state index in [0.717, 1.165) is 6.42 Å². The highest BCUT2D eigenvalue weighted by molar-refractivity contribution is 6.00. The van der Waals surface area contributed by atoms with Gasteiger partial charge in [0.2, 0.25) is 11.8 Å². The zero-order chi connectivity index (χ0) is 21.5. The first kappa shape index (κ1) is 21.3. The fourth-order valence-corrected chi connectivity index (χ4v) is 3.13. The number of amides is 3. The first-order valence-corrected chi connectivity index (χ1v) is 9.82. The Bertz CT molecular complexity index is 900. The molecule has 2 aromatic rings. The number of anilines is 2. The van der Waals surface area contributed by atoms with E-state index in [1.54, 1.807) is 29.2 Å². The van der Waals surface area contributed by atoms with Crippen LogP contribution in [-0.4, -0.2) is 37.4 Å². The van der Waals surface area contributed by atoms with Crippen LogP contribution in [0.4, 0.5) is 15.8 Å². The Labute approximate surface area is 174 Å². The van der Waals surface area contributed by atoms with Gasteiger partial charge in [-0.3, -0.25) is 14.4 Å². The van der Waals surface area contributed by atoms with Gasteiger partial charge in [-0.05, 0) is 55.0 Å². The molecule has 1 fully saturated rings. The zero-order valence-electron chi connectivity index (χ0n) is 16.7. The molecule has 1 saturated heterocycles. The van der Waals surface area contributed by atoms with Gasteiger partial charge < -0.3 is 20.3 Å². The molecular weight excluding hydrogens is 389 g/mol. The van der Waals surface area contributed by atoms with E-state index in [1.165, 1.54) is 24.3 Å². The molecule has 158 valence electrons. The van der Waals surface area contributed by atoms with Crippen LogP contribution in [-0.2, 0) is 14.4 Å². The average molecular weight is 413 g/mol. The van der Waals surface area contributed by atoms with Crippen molar-refractivity contribution in [1.29, 1.82) is 0 Å². The number of nitrogens with zero attached hydrogens (tertiary/aromatic N) is 1. The number of hydrogen-bond acceptors (Lipinski definition) is 4. The summed E-state index contributed by atoms with van der Waals surface area (Å²) in [5.41, 5.74) is 1.15. The summed E-state index contributed by atoms with van der Waals surface area (Å²) in [6, 6.07) is 12.2. The lowest BCUT2D eigenvalue weighted by Gasteiger charge is -2.17. The van der Waals surface area contributed by atoms with Gasteiger partial charge in [0.05, 0.1) is 5.92 Å². The van der Waals surface area contributed by atoms with Gasteiger partial charge in [-0.15, -0.1) is 0 Å². The summed E-state index contributed by atoms with van der Waals surface area (Å²) < 4.78 is 18.3. The molecule has 7 nitrogen and oxygen atoms in total. The van der Waals surface area contributed by atoms with E-state index in [9.17, 15) is 18.8 Å². The van der Waals surface area contributed by atoms with Gasteiger partial charge in [0, 0.05) is 30.9 Å². The fourth-order valence-electron chi connectivity index (χ4n) is 3.13. The summed E-state index contributed by atoms with van der Waals surface area (Å²) in [6.45, 7) is 2.71. The third-order valence-electron chi connectivity index (χ3n) is 4.69. The van der Waals surface area contributed by atoms with Crippen LogP contribution in [0.25, 0.3) is 0 Å². The number of nitrogens with one attached hydrogen (secondary N) is 2. The zero-order valence-corrected chi connectivity index (χ0v) is 16.7. The Kier molecular flexibility index (Phi) is 7.00. The molecule has 1 heterocycles. The van der Waals surface area contributed by atoms with E-state index in [4.69, 9.17) is 4.74 Å². The topological polar surface area (TPSA) is 87.7 Å². The molecule has 0 spiro atoms. The van der Waals surface area contributed by atoms with Crippen LogP contribution in [0.1, 0.15) is 19.8 Å². The maximum Gasteiger partial charge on any atom is 0.262 e. The van der Waals surface area contributed by atoms with Gasteiger partial charge in [0.15, 0.2) is 6.61 Å². The van der Waals surface area contributed by atoms with Gasteiger partial charge in [0.25, 0.3) is 5.91 Å². The molecule has 2 N–H and O–H groups in total. The molecule has 0 unspecified atom stereocenters. The predicted molar refractivity (Wildman–Crippen MR) is 111 cm³/mol. The third-order valence-corrected chi connectivity index (χ3v) is 4.69. The minimum Gasteiger partial charge on any atom is -0.484 e. The molecule has 8 heteroatoms. The molecule has 3 rings (SSSR count). The van der Waals surface area contributed by atoms with E-state index in [1.807, 2.05) is 6.92 Å². The van der Waals surface area contributed by atoms with Crippen molar-refractivity contribution in [2.24, 2.45) is 5.92 Å². The van der Waals surface area contributed by atoms with Crippen molar-refractivity contribution in [1.82, 2.24) is 5.32 Å². The molecule has 0 saturated carbocycles. The summed E-state index contributed by atoms with van der Waals surface area (Å²) in [5.74, 6) is -0.832. The molecule has 30 heavy (non-hydrogen) atoms. The van der Waals surface area contributed by atoms with Crippen molar-refractivity contribution in [3.63, 3.8) is 0 Å². The highest BCUT2D eigenvalue weighted by Gasteiger charge is 2.34. The number of hydrogen-bond donors (Lipinski definition) is 2. The lowest BCUT2D eigenvalue weighted by Crippen LogP contribution is -2.33. The van der Waals surface area contributed by atoms with Crippen LogP contribution >= 0.6 is 0 Å². The summed E-state index contributed by atoms with van der Waals surface area (Å²) >= 11 is 0. The average Bonchev–Trinajstić information content (AvgIpc) is 3.14. The van der Waals surface area contributed by atoms with Crippen LogP contribution in [0.2, 0.25) is 0 Å². The predicted octanol–water partition coefficient (Wildman–Crippen LogP) is 2.72. The minimum absolute atomic E-state index is 0.0974. The lowest BCUT2D eigenvalue weighted by molar-refractivity contribution is -0.126. The molecule has 1 aliphatic rings. The number of benzene rings is 2. The van der Waals surface area contributed by atoms with E-state index in [2.05, 4.69) is 10.6 Å². The van der Waals surface area contributed by atoms with Crippen molar-refractivity contribution >= 4 is 29.1 Å². The minimum atomic E-state index is -0.381. The van der Waals surface area contributed by atoms with E-state index < -0.39 is 0 Å². The Balaban J connectivity index is 1.51. The lowest BCUT2D eigenvalue weighted by atomic mass is 10.1. The summed E-state index contributed by atoms with van der Waals surface area (Å²) in [7, 11) is 0. The number of ether oxygens (including phenoxy) is 1. The van der Waals surface area contributed by atoms with Crippen LogP contribution in [0.15, 0.2) is 48.5 Å². The fraction of sp³-hybridized carbons (Fsp3) is 0.318. The molecule has 0 bridgehead atoms. The molecule has 1 aliphatic heterocycles. The molecule has 3 amide bonds. The maximum atomic E-state index is 12.9. The number of rotatable bonds is 8. The Morgan fingerprint density at radius 2 is 1.83 bits per heavy atom. The van der Waals surface area contributed by atoms with Crippen molar-refractivity contribution in [2.45, 2.75) is 19.8 Å². The Hall–Kier alpha value is -3.42. The van der Waals surface area contributed by atoms with E-state index in [-0.39, 0.29) is 42.5 Å². The van der Waals surface area contributed by atoms with Crippen molar-refractivity contribution in [3.8, 4) is 5.75 Å². The van der Waals surface area contributed by atoms with Gasteiger partial charge in [-0.2, -0.15) is 0 Å². The SMILES string of the molecule is CCCNC(=O)[C@H]1CC(=O)N(c2ccc(OCC(=O)Nc3ccc(F)cc3)cc2)C1. The number of halogens is 1. The smallest absolute Gasteiger partial charge is 0.262 e. The number of carbonyl (C=O) groups excluding carboxylic acids is 3. The van der Waals surface area contributed by atoms with Crippen molar-refractivity contribution in [3.05, 3.63) is 54.3 Å². The largest absolute Gasteiger partial charge is 0.484 e.